The van der Waals surface area contributed by atoms with E-state index < -0.39 is 0 Å². The van der Waals surface area contributed by atoms with Crippen LogP contribution in [0.4, 0.5) is 0 Å². The monoisotopic (exact) mass is 448 g/mol. The molecule has 1 N–H and O–H groups in total. The highest BCUT2D eigenvalue weighted by Crippen LogP contribution is 2.54. The molecule has 1 aromatic heterocycles. The number of nitrogens with zero attached hydrogens (tertiary/aromatic N) is 2. The van der Waals surface area contributed by atoms with Gasteiger partial charge < -0.3 is 14.6 Å². The number of halogens is 1. The zero-order valence-electron chi connectivity index (χ0n) is 17.6. The van der Waals surface area contributed by atoms with Crippen LogP contribution in [0.2, 0.25) is 5.02 Å². The smallest absolute Gasteiger partial charge is 0.238 e. The third kappa shape index (κ3) is 2.86. The van der Waals surface area contributed by atoms with Crippen LogP contribution in [0.25, 0.3) is 16.6 Å². The van der Waals surface area contributed by atoms with Crippen molar-refractivity contribution < 1.29 is 19.4 Å². The van der Waals surface area contributed by atoms with Crippen LogP contribution in [0.3, 0.4) is 0 Å². The highest BCUT2D eigenvalue weighted by molar-refractivity contribution is 6.31. The van der Waals surface area contributed by atoms with Gasteiger partial charge in [-0.05, 0) is 73.7 Å². The molecule has 2 aromatic carbocycles. The van der Waals surface area contributed by atoms with Gasteiger partial charge in [-0.3, -0.25) is 4.79 Å². The van der Waals surface area contributed by atoms with Crippen LogP contribution < -0.4 is 4.74 Å². The van der Waals surface area contributed by atoms with Crippen molar-refractivity contribution in [3.05, 3.63) is 64.0 Å². The zero-order chi connectivity index (χ0) is 22.1. The lowest BCUT2D eigenvalue weighted by molar-refractivity contribution is -0.118. The normalized spacial score (nSPS) is 26.3. The molecule has 2 bridgehead atoms. The van der Waals surface area contributed by atoms with Gasteiger partial charge in [-0.1, -0.05) is 11.6 Å². The number of rotatable bonds is 3. The van der Waals surface area contributed by atoms with E-state index in [4.69, 9.17) is 21.1 Å². The standard InChI is InChI=1S/C25H21ClN2O4/c1-11-7-14(31-19-10-27-16-9-13(26)3-4-15(16)28-19)8-12(2)20(11)23-24(29)21-17-5-6-18(32-17)22(21)25(23)30/h3-4,7-10,17-18,21-22,29H,5-6H2,1-2H3/t17-,18+,21-,22+/m1/s1. The number of fused-ring (bicyclic) bond motifs is 6. The first-order valence-corrected chi connectivity index (χ1v) is 11.1. The van der Waals surface area contributed by atoms with Crippen LogP contribution >= 0.6 is 11.6 Å². The molecule has 32 heavy (non-hydrogen) atoms. The quantitative estimate of drug-likeness (QED) is 0.582. The highest BCUT2D eigenvalue weighted by atomic mass is 35.5. The molecule has 2 fully saturated rings. The molecule has 2 saturated heterocycles. The van der Waals surface area contributed by atoms with Crippen LogP contribution in [-0.4, -0.2) is 33.1 Å². The van der Waals surface area contributed by atoms with Gasteiger partial charge in [-0.15, -0.1) is 0 Å². The van der Waals surface area contributed by atoms with E-state index in [2.05, 4.69) is 9.97 Å². The number of Topliss-reactive ketones (excluding diaryl/α,β-unsaturated/α-hetero) is 1. The van der Waals surface area contributed by atoms with Crippen molar-refractivity contribution in [3.63, 3.8) is 0 Å². The van der Waals surface area contributed by atoms with Crippen LogP contribution in [0.1, 0.15) is 29.5 Å². The number of benzene rings is 2. The Morgan fingerprint density at radius 2 is 1.78 bits per heavy atom. The molecule has 1 aliphatic carbocycles. The minimum Gasteiger partial charge on any atom is -0.511 e. The van der Waals surface area contributed by atoms with Gasteiger partial charge >= 0.3 is 0 Å². The summed E-state index contributed by atoms with van der Waals surface area (Å²) in [6.07, 6.45) is 3.24. The second-order valence-electron chi connectivity index (χ2n) is 8.84. The lowest BCUT2D eigenvalue weighted by Gasteiger charge is -2.19. The first-order valence-electron chi connectivity index (χ1n) is 10.8. The topological polar surface area (TPSA) is 81.5 Å². The third-order valence-electron chi connectivity index (χ3n) is 6.86. The van der Waals surface area contributed by atoms with Gasteiger partial charge in [0.1, 0.15) is 11.5 Å². The number of allylic oxidation sites excluding steroid dienone is 1. The van der Waals surface area contributed by atoms with Gasteiger partial charge in [-0.25, -0.2) is 9.97 Å². The van der Waals surface area contributed by atoms with E-state index >= 15 is 0 Å². The molecule has 0 radical (unpaired) electrons. The van der Waals surface area contributed by atoms with Crippen molar-refractivity contribution in [2.45, 2.75) is 38.9 Å². The number of aliphatic hydroxyl groups excluding tert-OH is 1. The van der Waals surface area contributed by atoms with Crippen LogP contribution in [0, 0.1) is 25.7 Å². The Bertz CT molecular complexity index is 1310. The Labute approximate surface area is 189 Å². The number of hydrogen-bond donors (Lipinski definition) is 1. The molecule has 0 unspecified atom stereocenters. The average Bonchev–Trinajstić information content (AvgIpc) is 3.43. The molecular formula is C25H21ClN2O4. The van der Waals surface area contributed by atoms with Crippen molar-refractivity contribution in [1.29, 1.82) is 0 Å². The molecular weight excluding hydrogens is 428 g/mol. The van der Waals surface area contributed by atoms with Gasteiger partial charge in [0.15, 0.2) is 5.78 Å². The Morgan fingerprint density at radius 1 is 1.06 bits per heavy atom. The molecule has 6 nitrogen and oxygen atoms in total. The summed E-state index contributed by atoms with van der Waals surface area (Å²) in [4.78, 5) is 22.1. The molecule has 162 valence electrons. The SMILES string of the molecule is Cc1cc(Oc2cnc3cc(Cl)ccc3n2)cc(C)c1C1=C(O)[C@H]2[C@@H](C1=O)[C@@H]1CC[C@H]2O1. The lowest BCUT2D eigenvalue weighted by Crippen LogP contribution is -2.29. The minimum atomic E-state index is -0.250. The van der Waals surface area contributed by atoms with E-state index in [0.29, 0.717) is 33.3 Å². The summed E-state index contributed by atoms with van der Waals surface area (Å²) in [5.41, 5.74) is 4.34. The van der Waals surface area contributed by atoms with Crippen molar-refractivity contribution in [1.82, 2.24) is 9.97 Å². The second kappa shape index (κ2) is 7.02. The summed E-state index contributed by atoms with van der Waals surface area (Å²) in [5.74, 6) is 0.700. The molecule has 3 aromatic rings. The van der Waals surface area contributed by atoms with Gasteiger partial charge in [0.05, 0.1) is 46.8 Å². The maximum Gasteiger partial charge on any atom is 0.238 e. The summed E-state index contributed by atoms with van der Waals surface area (Å²) < 4.78 is 11.9. The van der Waals surface area contributed by atoms with E-state index in [0.717, 1.165) is 29.5 Å². The summed E-state index contributed by atoms with van der Waals surface area (Å²) in [5, 5.41) is 11.6. The van der Waals surface area contributed by atoms with Gasteiger partial charge in [-0.2, -0.15) is 0 Å². The number of aliphatic hydroxyl groups is 1. The number of ether oxygens (including phenoxy) is 2. The number of hydrogen-bond acceptors (Lipinski definition) is 6. The Balaban J connectivity index is 1.34. The van der Waals surface area contributed by atoms with Crippen molar-refractivity contribution in [2.75, 3.05) is 0 Å². The largest absolute Gasteiger partial charge is 0.511 e. The second-order valence-corrected chi connectivity index (χ2v) is 9.28. The minimum absolute atomic E-state index is 0.00127. The maximum atomic E-state index is 13.3. The van der Waals surface area contributed by atoms with Crippen LogP contribution in [0.15, 0.2) is 42.3 Å². The van der Waals surface area contributed by atoms with E-state index in [1.54, 1.807) is 24.4 Å². The van der Waals surface area contributed by atoms with Gasteiger partial charge in [0, 0.05) is 5.02 Å². The van der Waals surface area contributed by atoms with Crippen LogP contribution in [-0.2, 0) is 9.53 Å². The fraction of sp³-hybridized carbons (Fsp3) is 0.320. The molecule has 0 spiro atoms. The Kier molecular flexibility index (Phi) is 4.32. The summed E-state index contributed by atoms with van der Waals surface area (Å²) in [6, 6.07) is 9.04. The summed E-state index contributed by atoms with van der Waals surface area (Å²) in [7, 11) is 0. The maximum absolute atomic E-state index is 13.3. The molecule has 4 atom stereocenters. The van der Waals surface area contributed by atoms with E-state index in [1.165, 1.54) is 0 Å². The number of carbonyl (C=O) groups excluding carboxylic acids is 1. The van der Waals surface area contributed by atoms with E-state index in [9.17, 15) is 9.90 Å². The fourth-order valence-corrected chi connectivity index (χ4v) is 5.75. The van der Waals surface area contributed by atoms with Crippen molar-refractivity contribution >= 4 is 34.0 Å². The van der Waals surface area contributed by atoms with E-state index in [1.807, 2.05) is 26.0 Å². The zero-order valence-corrected chi connectivity index (χ0v) is 18.4. The van der Waals surface area contributed by atoms with Gasteiger partial charge in [0.25, 0.3) is 0 Å². The predicted molar refractivity (Wildman–Crippen MR) is 120 cm³/mol. The number of aromatic nitrogens is 2. The molecule has 0 amide bonds. The highest BCUT2D eigenvalue weighted by Gasteiger charge is 2.59. The predicted octanol–water partition coefficient (Wildman–Crippen LogP) is 5.34. The van der Waals surface area contributed by atoms with Crippen molar-refractivity contribution in [2.24, 2.45) is 11.8 Å². The number of aryl methyl sites for hydroxylation is 2. The average molecular weight is 449 g/mol. The molecule has 3 heterocycles. The number of ketones is 1. The summed E-state index contributed by atoms with van der Waals surface area (Å²) >= 11 is 6.01. The van der Waals surface area contributed by atoms with Gasteiger partial charge in [0.2, 0.25) is 5.88 Å². The molecule has 6 rings (SSSR count). The summed E-state index contributed by atoms with van der Waals surface area (Å²) in [6.45, 7) is 3.85. The Hall–Kier alpha value is -2.96. The van der Waals surface area contributed by atoms with Crippen molar-refractivity contribution in [3.8, 4) is 11.6 Å². The first kappa shape index (κ1) is 19.7. The van der Waals surface area contributed by atoms with E-state index in [-0.39, 0.29) is 35.6 Å². The molecule has 2 aliphatic heterocycles. The fourth-order valence-electron chi connectivity index (χ4n) is 5.58. The molecule has 7 heteroatoms. The number of carbonyl (C=O) groups is 1. The molecule has 0 saturated carbocycles. The first-order chi connectivity index (χ1) is 15.4. The third-order valence-corrected chi connectivity index (χ3v) is 7.09. The van der Waals surface area contributed by atoms with Crippen LogP contribution in [0.5, 0.6) is 11.6 Å². The molecule has 3 aliphatic rings. The lowest BCUT2D eigenvalue weighted by atomic mass is 9.80. The Morgan fingerprint density at radius 3 is 2.50 bits per heavy atom.